The molecule has 1 atom stereocenters. The lowest BCUT2D eigenvalue weighted by atomic mass is 10.1. The maximum Gasteiger partial charge on any atom is 0.326 e. The number of aliphatic carboxylic acids is 1. The van der Waals surface area contributed by atoms with Crippen molar-refractivity contribution >= 4 is 33.7 Å². The quantitative estimate of drug-likeness (QED) is 0.692. The number of aromatic nitrogens is 1. The molecule has 0 aromatic carbocycles. The first kappa shape index (κ1) is 15.2. The first-order chi connectivity index (χ1) is 8.81. The number of primary amides is 1. The highest BCUT2D eigenvalue weighted by Crippen LogP contribution is 2.13. The Hall–Kier alpha value is -1.83. The van der Waals surface area contributed by atoms with Crippen molar-refractivity contribution in [1.29, 1.82) is 0 Å². The highest BCUT2D eigenvalue weighted by atomic mass is 79.9. The summed E-state index contributed by atoms with van der Waals surface area (Å²) in [5, 5.41) is 11.3. The predicted octanol–water partition coefficient (Wildman–Crippen LogP) is 0.236. The highest BCUT2D eigenvalue weighted by Gasteiger charge is 2.22. The summed E-state index contributed by atoms with van der Waals surface area (Å²) in [5.74, 6) is -2.34. The van der Waals surface area contributed by atoms with E-state index in [1.807, 2.05) is 0 Å². The van der Waals surface area contributed by atoms with Crippen molar-refractivity contribution in [1.82, 2.24) is 9.88 Å². The summed E-state index contributed by atoms with van der Waals surface area (Å²) >= 11 is 3.22. The van der Waals surface area contributed by atoms with Crippen molar-refractivity contribution in [3.63, 3.8) is 0 Å². The number of hydrogen-bond donors (Lipinski definition) is 3. The molecule has 0 saturated heterocycles. The zero-order valence-electron chi connectivity index (χ0n) is 10.2. The van der Waals surface area contributed by atoms with E-state index < -0.39 is 23.8 Å². The average molecular weight is 332 g/mol. The number of nitrogens with one attached hydrogen (secondary N) is 1. The van der Waals surface area contributed by atoms with Crippen LogP contribution in [0.4, 0.5) is 0 Å². The lowest BCUT2D eigenvalue weighted by Crippen LogP contribution is -2.41. The Morgan fingerprint density at radius 2 is 2.16 bits per heavy atom. The number of nitrogens with zero attached hydrogens (tertiary/aromatic N) is 1. The number of amides is 2. The highest BCUT2D eigenvalue weighted by molar-refractivity contribution is 9.10. The number of halogens is 1. The fourth-order valence-electron chi connectivity index (χ4n) is 1.53. The van der Waals surface area contributed by atoms with Crippen molar-refractivity contribution in [2.75, 3.05) is 0 Å². The maximum atomic E-state index is 11.9. The van der Waals surface area contributed by atoms with Crippen LogP contribution >= 0.6 is 15.9 Å². The molecule has 0 spiro atoms. The first-order valence-electron chi connectivity index (χ1n) is 5.45. The standard InChI is InChI=1S/C11H14BrN3O4/c1-15-5-6(12)4-8(15)10(17)14-7(11(18)19)2-3-9(13)16/h4-5,7H,2-3H2,1H3,(H2,13,16)(H,14,17)(H,18,19)/t7-/m0/s1. The van der Waals surface area contributed by atoms with Gasteiger partial charge in [-0.05, 0) is 28.4 Å². The van der Waals surface area contributed by atoms with E-state index in [4.69, 9.17) is 10.8 Å². The third-order valence-electron chi connectivity index (χ3n) is 2.49. The van der Waals surface area contributed by atoms with Crippen molar-refractivity contribution in [3.8, 4) is 0 Å². The van der Waals surface area contributed by atoms with E-state index >= 15 is 0 Å². The van der Waals surface area contributed by atoms with Crippen LogP contribution in [0.2, 0.25) is 0 Å². The summed E-state index contributed by atoms with van der Waals surface area (Å²) in [6, 6.07) is 0.427. The average Bonchev–Trinajstić information content (AvgIpc) is 2.62. The Balaban J connectivity index is 2.74. The summed E-state index contributed by atoms with van der Waals surface area (Å²) in [7, 11) is 1.67. The molecule has 0 bridgehead atoms. The Bertz CT molecular complexity index is 512. The van der Waals surface area contributed by atoms with Crippen LogP contribution in [0.3, 0.4) is 0 Å². The minimum Gasteiger partial charge on any atom is -0.480 e. The van der Waals surface area contributed by atoms with Gasteiger partial charge in [-0.15, -0.1) is 0 Å². The van der Waals surface area contributed by atoms with Crippen LogP contribution in [-0.2, 0) is 16.6 Å². The molecule has 0 aliphatic rings. The minimum atomic E-state index is -1.21. The molecular weight excluding hydrogens is 318 g/mol. The topological polar surface area (TPSA) is 114 Å². The van der Waals surface area contributed by atoms with E-state index in [9.17, 15) is 14.4 Å². The van der Waals surface area contributed by atoms with Gasteiger partial charge in [0, 0.05) is 24.1 Å². The zero-order valence-corrected chi connectivity index (χ0v) is 11.8. The number of carboxylic acids is 1. The Morgan fingerprint density at radius 3 is 2.58 bits per heavy atom. The molecule has 1 aromatic rings. The van der Waals surface area contributed by atoms with Gasteiger partial charge < -0.3 is 20.7 Å². The second kappa shape index (κ2) is 6.37. The number of rotatable bonds is 6. The monoisotopic (exact) mass is 331 g/mol. The van der Waals surface area contributed by atoms with E-state index in [2.05, 4.69) is 21.2 Å². The maximum absolute atomic E-state index is 11.9. The van der Waals surface area contributed by atoms with E-state index in [-0.39, 0.29) is 12.8 Å². The van der Waals surface area contributed by atoms with E-state index in [0.717, 1.165) is 0 Å². The van der Waals surface area contributed by atoms with Crippen LogP contribution in [-0.4, -0.2) is 33.5 Å². The number of carboxylic acid groups (broad SMARTS) is 1. The summed E-state index contributed by atoms with van der Waals surface area (Å²) in [4.78, 5) is 33.5. The Morgan fingerprint density at radius 1 is 1.53 bits per heavy atom. The van der Waals surface area contributed by atoms with Gasteiger partial charge in [0.15, 0.2) is 0 Å². The molecule has 0 radical (unpaired) electrons. The van der Waals surface area contributed by atoms with Crippen LogP contribution in [0, 0.1) is 0 Å². The van der Waals surface area contributed by atoms with Crippen molar-refractivity contribution in [2.45, 2.75) is 18.9 Å². The molecule has 0 aliphatic carbocycles. The Labute approximate surface area is 117 Å². The third-order valence-corrected chi connectivity index (χ3v) is 2.92. The van der Waals surface area contributed by atoms with Gasteiger partial charge in [0.05, 0.1) is 0 Å². The van der Waals surface area contributed by atoms with E-state index in [1.165, 1.54) is 0 Å². The van der Waals surface area contributed by atoms with Crippen molar-refractivity contribution in [2.24, 2.45) is 12.8 Å². The zero-order chi connectivity index (χ0) is 14.6. The smallest absolute Gasteiger partial charge is 0.326 e. The third kappa shape index (κ3) is 4.40. The van der Waals surface area contributed by atoms with Crippen LogP contribution in [0.5, 0.6) is 0 Å². The van der Waals surface area contributed by atoms with Crippen LogP contribution in [0.1, 0.15) is 23.3 Å². The number of aryl methyl sites for hydroxylation is 1. The summed E-state index contributed by atoms with van der Waals surface area (Å²) in [6.45, 7) is 0. The number of nitrogens with two attached hydrogens (primary N) is 1. The molecule has 2 amide bonds. The molecule has 0 saturated carbocycles. The van der Waals surface area contributed by atoms with Crippen molar-refractivity contribution < 1.29 is 19.5 Å². The summed E-state index contributed by atoms with van der Waals surface area (Å²) in [5.41, 5.74) is 5.27. The second-order valence-corrected chi connectivity index (χ2v) is 4.94. The normalized spacial score (nSPS) is 11.9. The minimum absolute atomic E-state index is 0.0397. The number of carbonyl (C=O) groups excluding carboxylic acids is 2. The van der Waals surface area contributed by atoms with Gasteiger partial charge in [0.2, 0.25) is 5.91 Å². The van der Waals surface area contributed by atoms with Crippen LogP contribution in [0.25, 0.3) is 0 Å². The van der Waals surface area contributed by atoms with Gasteiger partial charge in [-0.25, -0.2) is 4.79 Å². The molecule has 0 aliphatic heterocycles. The number of hydrogen-bond acceptors (Lipinski definition) is 3. The fourth-order valence-corrected chi connectivity index (χ4v) is 2.05. The molecule has 1 aromatic heterocycles. The van der Waals surface area contributed by atoms with Gasteiger partial charge in [-0.3, -0.25) is 9.59 Å². The fraction of sp³-hybridized carbons (Fsp3) is 0.364. The number of carbonyl (C=O) groups is 3. The molecule has 1 heterocycles. The van der Waals surface area contributed by atoms with Crippen molar-refractivity contribution in [3.05, 3.63) is 22.4 Å². The summed E-state index contributed by atoms with van der Waals surface area (Å²) < 4.78 is 2.27. The summed E-state index contributed by atoms with van der Waals surface area (Å²) in [6.07, 6.45) is 1.53. The molecule has 7 nitrogen and oxygen atoms in total. The molecule has 0 fully saturated rings. The van der Waals surface area contributed by atoms with Crippen LogP contribution in [0.15, 0.2) is 16.7 Å². The van der Waals surface area contributed by atoms with Gasteiger partial charge in [0.25, 0.3) is 5.91 Å². The molecule has 4 N–H and O–H groups in total. The molecule has 0 unspecified atom stereocenters. The molecule has 1 rings (SSSR count). The lowest BCUT2D eigenvalue weighted by Gasteiger charge is -2.13. The van der Waals surface area contributed by atoms with Gasteiger partial charge >= 0.3 is 5.97 Å². The van der Waals surface area contributed by atoms with E-state index in [1.54, 1.807) is 23.9 Å². The van der Waals surface area contributed by atoms with Crippen LogP contribution < -0.4 is 11.1 Å². The molecular formula is C11H14BrN3O4. The Kier molecular flexibility index (Phi) is 5.11. The lowest BCUT2D eigenvalue weighted by molar-refractivity contribution is -0.139. The van der Waals surface area contributed by atoms with E-state index in [0.29, 0.717) is 10.2 Å². The van der Waals surface area contributed by atoms with Gasteiger partial charge in [0.1, 0.15) is 11.7 Å². The van der Waals surface area contributed by atoms with Gasteiger partial charge in [-0.1, -0.05) is 0 Å². The molecule has 104 valence electrons. The largest absolute Gasteiger partial charge is 0.480 e. The van der Waals surface area contributed by atoms with Gasteiger partial charge in [-0.2, -0.15) is 0 Å². The second-order valence-electron chi connectivity index (χ2n) is 4.02. The predicted molar refractivity (Wildman–Crippen MR) is 70.4 cm³/mol. The SMILES string of the molecule is Cn1cc(Br)cc1C(=O)N[C@@H](CCC(N)=O)C(=O)O. The first-order valence-corrected chi connectivity index (χ1v) is 6.24. The molecule has 8 heteroatoms. The molecule has 19 heavy (non-hydrogen) atoms.